The summed E-state index contributed by atoms with van der Waals surface area (Å²) in [5.41, 5.74) is 0. The SMILES string of the molecule is O=C1CC[C@@H]2[C@@H](Cl)[C@@H](Cl)[C@H]12. The minimum Gasteiger partial charge on any atom is -0.299 e. The van der Waals surface area contributed by atoms with Crippen LogP contribution in [0.4, 0.5) is 0 Å². The molecule has 0 radical (unpaired) electrons. The Kier molecular flexibility index (Phi) is 1.47. The van der Waals surface area contributed by atoms with E-state index in [0.717, 1.165) is 6.42 Å². The van der Waals surface area contributed by atoms with Gasteiger partial charge in [0.2, 0.25) is 0 Å². The van der Waals surface area contributed by atoms with Crippen LogP contribution in [-0.4, -0.2) is 16.5 Å². The molecule has 0 aromatic carbocycles. The van der Waals surface area contributed by atoms with Gasteiger partial charge in [0.1, 0.15) is 5.78 Å². The maximum atomic E-state index is 11.0. The van der Waals surface area contributed by atoms with E-state index in [1.165, 1.54) is 0 Å². The van der Waals surface area contributed by atoms with Crippen molar-refractivity contribution in [1.82, 2.24) is 0 Å². The van der Waals surface area contributed by atoms with E-state index < -0.39 is 0 Å². The van der Waals surface area contributed by atoms with Crippen LogP contribution in [0.25, 0.3) is 0 Å². The van der Waals surface area contributed by atoms with Crippen LogP contribution < -0.4 is 0 Å². The Morgan fingerprint density at radius 3 is 2.60 bits per heavy atom. The average molecular weight is 179 g/mol. The van der Waals surface area contributed by atoms with E-state index >= 15 is 0 Å². The summed E-state index contributed by atoms with van der Waals surface area (Å²) in [5.74, 6) is 0.822. The van der Waals surface area contributed by atoms with Gasteiger partial charge in [-0.2, -0.15) is 0 Å². The van der Waals surface area contributed by atoms with E-state index in [1.807, 2.05) is 0 Å². The van der Waals surface area contributed by atoms with Crippen molar-refractivity contribution in [3.05, 3.63) is 0 Å². The smallest absolute Gasteiger partial charge is 0.137 e. The van der Waals surface area contributed by atoms with Gasteiger partial charge < -0.3 is 0 Å². The van der Waals surface area contributed by atoms with E-state index in [4.69, 9.17) is 23.2 Å². The fraction of sp³-hybridized carbons (Fsp3) is 0.857. The number of hydrogen-bond acceptors (Lipinski definition) is 1. The number of fused-ring (bicyclic) bond motifs is 1. The minimum absolute atomic E-state index is 0.0538. The van der Waals surface area contributed by atoms with E-state index in [2.05, 4.69) is 0 Å². The Morgan fingerprint density at radius 2 is 2.00 bits per heavy atom. The lowest BCUT2D eigenvalue weighted by Gasteiger charge is -2.40. The standard InChI is InChI=1S/C7H8Cl2O/c8-6-3-1-2-4(10)5(3)7(6)9/h3,5-7H,1-2H2/t3-,5-,6+,7-/m0/s1. The summed E-state index contributed by atoms with van der Waals surface area (Å²) in [7, 11) is 0. The number of Topliss-reactive ketones (excluding diaryl/α,β-unsaturated/α-hetero) is 1. The second-order valence-corrected chi connectivity index (χ2v) is 4.09. The van der Waals surface area contributed by atoms with Gasteiger partial charge in [0.05, 0.1) is 10.8 Å². The number of halogens is 2. The van der Waals surface area contributed by atoms with Crippen molar-refractivity contribution in [3.63, 3.8) is 0 Å². The lowest BCUT2D eigenvalue weighted by atomic mass is 9.75. The second-order valence-electron chi connectivity index (χ2n) is 3.08. The lowest BCUT2D eigenvalue weighted by molar-refractivity contribution is -0.122. The lowest BCUT2D eigenvalue weighted by Crippen LogP contribution is -2.48. The van der Waals surface area contributed by atoms with Gasteiger partial charge >= 0.3 is 0 Å². The largest absolute Gasteiger partial charge is 0.299 e. The molecule has 0 unspecified atom stereocenters. The molecule has 56 valence electrons. The summed E-state index contributed by atoms with van der Waals surface area (Å²) in [5, 5.41) is -0.0280. The highest BCUT2D eigenvalue weighted by Gasteiger charge is 2.55. The summed E-state index contributed by atoms with van der Waals surface area (Å²) in [6.07, 6.45) is 1.66. The van der Waals surface area contributed by atoms with Crippen LogP contribution in [0.15, 0.2) is 0 Å². The Labute approximate surface area is 69.7 Å². The van der Waals surface area contributed by atoms with Gasteiger partial charge in [0, 0.05) is 12.3 Å². The molecule has 4 atom stereocenters. The summed E-state index contributed by atoms with van der Waals surface area (Å²) in [4.78, 5) is 11.0. The van der Waals surface area contributed by atoms with Crippen LogP contribution >= 0.6 is 23.2 Å². The number of carbonyl (C=O) groups is 1. The molecule has 0 aromatic heterocycles. The average Bonchev–Trinajstić information content (AvgIpc) is 2.27. The first-order valence-electron chi connectivity index (χ1n) is 3.52. The number of alkyl halides is 2. The molecular weight excluding hydrogens is 171 g/mol. The molecule has 0 aliphatic heterocycles. The molecule has 0 bridgehead atoms. The Morgan fingerprint density at radius 1 is 1.30 bits per heavy atom. The number of hydrogen-bond donors (Lipinski definition) is 0. The zero-order valence-corrected chi connectivity index (χ0v) is 6.90. The molecule has 0 saturated heterocycles. The van der Waals surface area contributed by atoms with Crippen LogP contribution in [0, 0.1) is 11.8 Å². The van der Waals surface area contributed by atoms with Crippen molar-refractivity contribution in [1.29, 1.82) is 0 Å². The highest BCUT2D eigenvalue weighted by atomic mass is 35.5. The first kappa shape index (κ1) is 6.93. The molecule has 0 aromatic rings. The monoisotopic (exact) mass is 178 g/mol. The van der Waals surface area contributed by atoms with Crippen molar-refractivity contribution in [2.24, 2.45) is 11.8 Å². The molecule has 2 saturated carbocycles. The van der Waals surface area contributed by atoms with Gasteiger partial charge in [-0.25, -0.2) is 0 Å². The molecule has 1 nitrogen and oxygen atoms in total. The maximum Gasteiger partial charge on any atom is 0.137 e. The molecule has 2 aliphatic rings. The molecule has 0 N–H and O–H groups in total. The van der Waals surface area contributed by atoms with Gasteiger partial charge in [0.25, 0.3) is 0 Å². The van der Waals surface area contributed by atoms with Gasteiger partial charge in [-0.15, -0.1) is 23.2 Å². The van der Waals surface area contributed by atoms with Gasteiger partial charge in [-0.1, -0.05) is 0 Å². The van der Waals surface area contributed by atoms with E-state index in [9.17, 15) is 4.79 Å². The fourth-order valence-corrected chi connectivity index (χ4v) is 2.91. The molecular formula is C7H8Cl2O. The Hall–Kier alpha value is 0.250. The first-order valence-corrected chi connectivity index (χ1v) is 4.40. The van der Waals surface area contributed by atoms with E-state index in [1.54, 1.807) is 0 Å². The molecule has 10 heavy (non-hydrogen) atoms. The molecule has 2 aliphatic carbocycles. The normalized spacial score (nSPS) is 52.4. The summed E-state index contributed by atoms with van der Waals surface area (Å²) < 4.78 is 0. The fourth-order valence-electron chi connectivity index (χ4n) is 1.95. The van der Waals surface area contributed by atoms with Gasteiger partial charge in [-0.3, -0.25) is 4.79 Å². The third-order valence-electron chi connectivity index (χ3n) is 2.61. The number of rotatable bonds is 0. The molecule has 0 spiro atoms. The predicted octanol–water partition coefficient (Wildman–Crippen LogP) is 1.81. The summed E-state index contributed by atoms with van der Waals surface area (Å²) >= 11 is 11.7. The van der Waals surface area contributed by atoms with Gasteiger partial charge in [0.15, 0.2) is 0 Å². The van der Waals surface area contributed by atoms with Crippen molar-refractivity contribution in [2.75, 3.05) is 0 Å². The third-order valence-corrected chi connectivity index (χ3v) is 3.88. The molecule has 0 heterocycles. The first-order chi connectivity index (χ1) is 4.72. The molecule has 0 amide bonds. The van der Waals surface area contributed by atoms with Gasteiger partial charge in [-0.05, 0) is 12.3 Å². The highest BCUT2D eigenvalue weighted by molar-refractivity contribution is 6.33. The van der Waals surface area contributed by atoms with Crippen molar-refractivity contribution in [3.8, 4) is 0 Å². The minimum atomic E-state index is -0.0818. The molecule has 2 fully saturated rings. The van der Waals surface area contributed by atoms with Crippen molar-refractivity contribution >= 4 is 29.0 Å². The summed E-state index contributed by atoms with van der Waals surface area (Å²) in [6.45, 7) is 0. The number of ketones is 1. The van der Waals surface area contributed by atoms with Crippen LogP contribution in [0.1, 0.15) is 12.8 Å². The second kappa shape index (κ2) is 2.12. The van der Waals surface area contributed by atoms with Crippen LogP contribution in [0.3, 0.4) is 0 Å². The zero-order chi connectivity index (χ0) is 7.30. The molecule has 2 rings (SSSR count). The zero-order valence-electron chi connectivity index (χ0n) is 5.39. The van der Waals surface area contributed by atoms with Crippen LogP contribution in [-0.2, 0) is 4.79 Å². The maximum absolute atomic E-state index is 11.0. The Balaban J connectivity index is 2.16. The van der Waals surface area contributed by atoms with Crippen LogP contribution in [0.5, 0.6) is 0 Å². The third kappa shape index (κ3) is 0.680. The van der Waals surface area contributed by atoms with Crippen molar-refractivity contribution < 1.29 is 4.79 Å². The predicted molar refractivity (Wildman–Crippen MR) is 40.5 cm³/mol. The quantitative estimate of drug-likeness (QED) is 0.518. The number of carbonyl (C=O) groups excluding carboxylic acids is 1. The summed E-state index contributed by atoms with van der Waals surface area (Å²) in [6, 6.07) is 0. The van der Waals surface area contributed by atoms with Crippen molar-refractivity contribution in [2.45, 2.75) is 23.6 Å². The highest BCUT2D eigenvalue weighted by Crippen LogP contribution is 2.50. The topological polar surface area (TPSA) is 17.1 Å². The Bertz CT molecular complexity index is 180. The van der Waals surface area contributed by atoms with E-state index in [0.29, 0.717) is 18.1 Å². The van der Waals surface area contributed by atoms with E-state index in [-0.39, 0.29) is 16.7 Å². The van der Waals surface area contributed by atoms with Crippen LogP contribution in [0.2, 0.25) is 0 Å². The molecule has 3 heteroatoms.